The van der Waals surface area contributed by atoms with Crippen LogP contribution in [-0.2, 0) is 16.1 Å². The smallest absolute Gasteiger partial charge is 0.268 e. The molecular formula is C21H23ClN2O3. The number of rotatable bonds is 5. The molecule has 1 atom stereocenters. The van der Waals surface area contributed by atoms with Crippen LogP contribution in [0.3, 0.4) is 0 Å². The Morgan fingerprint density at radius 2 is 1.93 bits per heavy atom. The second-order valence-electron chi connectivity index (χ2n) is 7.14. The van der Waals surface area contributed by atoms with Gasteiger partial charge in [-0.3, -0.25) is 9.59 Å². The van der Waals surface area contributed by atoms with Crippen molar-refractivity contribution in [2.45, 2.75) is 39.8 Å². The zero-order valence-electron chi connectivity index (χ0n) is 15.7. The van der Waals surface area contributed by atoms with Crippen LogP contribution in [0.15, 0.2) is 42.5 Å². The van der Waals surface area contributed by atoms with Crippen molar-refractivity contribution >= 4 is 34.8 Å². The summed E-state index contributed by atoms with van der Waals surface area (Å²) in [5, 5.41) is 3.54. The third-order valence-electron chi connectivity index (χ3n) is 4.30. The first-order chi connectivity index (χ1) is 12.8. The Labute approximate surface area is 164 Å². The topological polar surface area (TPSA) is 58.6 Å². The maximum atomic E-state index is 12.7. The zero-order valence-corrected chi connectivity index (χ0v) is 16.4. The summed E-state index contributed by atoms with van der Waals surface area (Å²) in [5.74, 6) is 0.724. The Bertz CT molecular complexity index is 849. The number of fused-ring (bicyclic) bond motifs is 1. The van der Waals surface area contributed by atoms with E-state index in [2.05, 4.69) is 5.32 Å². The number of nitrogens with zero attached hydrogens (tertiary/aromatic N) is 1. The van der Waals surface area contributed by atoms with Gasteiger partial charge in [-0.2, -0.15) is 0 Å². The summed E-state index contributed by atoms with van der Waals surface area (Å²) in [4.78, 5) is 26.5. The molecule has 2 aromatic rings. The molecule has 0 saturated heterocycles. The molecule has 5 nitrogen and oxygen atoms in total. The molecule has 2 amide bonds. The number of carbonyl (C=O) groups excluding carboxylic acids is 2. The van der Waals surface area contributed by atoms with E-state index in [0.29, 0.717) is 35.1 Å². The van der Waals surface area contributed by atoms with E-state index in [1.807, 2.05) is 26.0 Å². The van der Waals surface area contributed by atoms with Crippen LogP contribution < -0.4 is 15.0 Å². The molecule has 1 N–H and O–H groups in total. The minimum absolute atomic E-state index is 0.0503. The van der Waals surface area contributed by atoms with E-state index in [1.54, 1.807) is 42.2 Å². The summed E-state index contributed by atoms with van der Waals surface area (Å²) in [6, 6.07) is 12.8. The lowest BCUT2D eigenvalue weighted by atomic mass is 10.1. The van der Waals surface area contributed by atoms with Crippen LogP contribution in [0.4, 0.5) is 11.4 Å². The van der Waals surface area contributed by atoms with Crippen LogP contribution in [0.1, 0.15) is 32.8 Å². The number of hydrogen-bond acceptors (Lipinski definition) is 3. The number of carbonyl (C=O) groups is 2. The summed E-state index contributed by atoms with van der Waals surface area (Å²) in [7, 11) is 0. The fourth-order valence-electron chi connectivity index (χ4n) is 3.00. The first kappa shape index (κ1) is 19.2. The minimum Gasteiger partial charge on any atom is -0.479 e. The predicted molar refractivity (Wildman–Crippen MR) is 107 cm³/mol. The standard InChI is InChI=1S/C21H23ClN2O3/c1-13(2)10-20(25)23-17-8-9-19-18(11-17)24(21(26)14(3)27-19)12-15-4-6-16(22)7-5-15/h4-9,11,13-14H,10,12H2,1-3H3,(H,23,25). The van der Waals surface area contributed by atoms with Crippen molar-refractivity contribution in [3.8, 4) is 5.75 Å². The summed E-state index contributed by atoms with van der Waals surface area (Å²) in [6.45, 7) is 6.13. The molecule has 27 heavy (non-hydrogen) atoms. The van der Waals surface area contributed by atoms with Crippen molar-refractivity contribution in [2.24, 2.45) is 5.92 Å². The monoisotopic (exact) mass is 386 g/mol. The van der Waals surface area contributed by atoms with Gasteiger partial charge in [0.2, 0.25) is 5.91 Å². The molecule has 1 aliphatic heterocycles. The quantitative estimate of drug-likeness (QED) is 0.814. The van der Waals surface area contributed by atoms with Crippen molar-refractivity contribution in [2.75, 3.05) is 10.2 Å². The molecule has 6 heteroatoms. The molecule has 0 bridgehead atoms. The number of halogens is 1. The number of anilines is 2. The first-order valence-corrected chi connectivity index (χ1v) is 9.37. The summed E-state index contributed by atoms with van der Waals surface area (Å²) in [5.41, 5.74) is 2.25. The molecule has 3 rings (SSSR count). The second-order valence-corrected chi connectivity index (χ2v) is 7.58. The van der Waals surface area contributed by atoms with E-state index in [0.717, 1.165) is 5.56 Å². The normalized spacial score (nSPS) is 16.1. The van der Waals surface area contributed by atoms with Gasteiger partial charge in [-0.25, -0.2) is 0 Å². The Kier molecular flexibility index (Phi) is 5.71. The average Bonchev–Trinajstić information content (AvgIpc) is 2.60. The molecule has 0 saturated carbocycles. The lowest BCUT2D eigenvalue weighted by Crippen LogP contribution is -2.44. The highest BCUT2D eigenvalue weighted by Gasteiger charge is 2.31. The fraction of sp³-hybridized carbons (Fsp3) is 0.333. The summed E-state index contributed by atoms with van der Waals surface area (Å²) in [6.07, 6.45) is -0.121. The van der Waals surface area contributed by atoms with Crippen LogP contribution in [0, 0.1) is 5.92 Å². The molecule has 1 heterocycles. The SMILES string of the molecule is CC(C)CC(=O)Nc1ccc2c(c1)N(Cc1ccc(Cl)cc1)C(=O)C(C)O2. The minimum atomic E-state index is -0.564. The van der Waals surface area contributed by atoms with Gasteiger partial charge in [-0.1, -0.05) is 37.6 Å². The third kappa shape index (κ3) is 4.61. The number of amides is 2. The van der Waals surface area contributed by atoms with Crippen molar-refractivity contribution in [1.29, 1.82) is 0 Å². The van der Waals surface area contributed by atoms with E-state index in [4.69, 9.17) is 16.3 Å². The lowest BCUT2D eigenvalue weighted by Gasteiger charge is -2.33. The van der Waals surface area contributed by atoms with Crippen molar-refractivity contribution in [3.63, 3.8) is 0 Å². The van der Waals surface area contributed by atoms with Gasteiger partial charge in [0, 0.05) is 17.1 Å². The molecule has 0 spiro atoms. The first-order valence-electron chi connectivity index (χ1n) is 9.00. The van der Waals surface area contributed by atoms with Gasteiger partial charge in [0.05, 0.1) is 12.2 Å². The summed E-state index contributed by atoms with van der Waals surface area (Å²) < 4.78 is 5.73. The maximum absolute atomic E-state index is 12.7. The zero-order chi connectivity index (χ0) is 19.6. The van der Waals surface area contributed by atoms with Gasteiger partial charge in [0.15, 0.2) is 6.10 Å². The van der Waals surface area contributed by atoms with E-state index in [9.17, 15) is 9.59 Å². The van der Waals surface area contributed by atoms with Crippen molar-refractivity contribution < 1.29 is 14.3 Å². The molecule has 142 valence electrons. The Morgan fingerprint density at radius 1 is 1.22 bits per heavy atom. The Hall–Kier alpha value is -2.53. The Morgan fingerprint density at radius 3 is 2.59 bits per heavy atom. The molecule has 1 unspecified atom stereocenters. The highest BCUT2D eigenvalue weighted by Crippen LogP contribution is 2.37. The molecule has 2 aromatic carbocycles. The predicted octanol–water partition coefficient (Wildman–Crippen LogP) is 4.64. The van der Waals surface area contributed by atoms with E-state index in [1.165, 1.54) is 0 Å². The number of nitrogens with one attached hydrogen (secondary N) is 1. The fourth-order valence-corrected chi connectivity index (χ4v) is 3.13. The van der Waals surface area contributed by atoms with Gasteiger partial charge in [-0.15, -0.1) is 0 Å². The van der Waals surface area contributed by atoms with Gasteiger partial charge >= 0.3 is 0 Å². The molecule has 0 radical (unpaired) electrons. The van der Waals surface area contributed by atoms with Gasteiger partial charge < -0.3 is 15.0 Å². The second kappa shape index (κ2) is 8.01. The van der Waals surface area contributed by atoms with E-state index >= 15 is 0 Å². The van der Waals surface area contributed by atoms with Gasteiger partial charge in [-0.05, 0) is 48.7 Å². The van der Waals surface area contributed by atoms with E-state index < -0.39 is 6.10 Å². The average molecular weight is 387 g/mol. The van der Waals surface area contributed by atoms with Crippen molar-refractivity contribution in [3.05, 3.63) is 53.1 Å². The van der Waals surface area contributed by atoms with Gasteiger partial charge in [0.25, 0.3) is 5.91 Å². The number of hydrogen-bond donors (Lipinski definition) is 1. The largest absolute Gasteiger partial charge is 0.479 e. The van der Waals surface area contributed by atoms with Crippen LogP contribution >= 0.6 is 11.6 Å². The molecule has 1 aliphatic rings. The Balaban J connectivity index is 1.88. The highest BCUT2D eigenvalue weighted by atomic mass is 35.5. The molecular weight excluding hydrogens is 364 g/mol. The number of benzene rings is 2. The van der Waals surface area contributed by atoms with Crippen LogP contribution in [0.2, 0.25) is 5.02 Å². The molecule has 0 aliphatic carbocycles. The maximum Gasteiger partial charge on any atom is 0.268 e. The number of ether oxygens (including phenoxy) is 1. The lowest BCUT2D eigenvalue weighted by molar-refractivity contribution is -0.125. The van der Waals surface area contributed by atoms with Crippen molar-refractivity contribution in [1.82, 2.24) is 0 Å². The van der Waals surface area contributed by atoms with Crippen LogP contribution in [0.5, 0.6) is 5.75 Å². The third-order valence-corrected chi connectivity index (χ3v) is 4.55. The van der Waals surface area contributed by atoms with Crippen LogP contribution in [-0.4, -0.2) is 17.9 Å². The molecule has 0 aromatic heterocycles. The highest BCUT2D eigenvalue weighted by molar-refractivity contribution is 6.30. The van der Waals surface area contributed by atoms with E-state index in [-0.39, 0.29) is 17.7 Å². The van der Waals surface area contributed by atoms with Gasteiger partial charge in [0.1, 0.15) is 5.75 Å². The molecule has 0 fully saturated rings. The van der Waals surface area contributed by atoms with Crippen LogP contribution in [0.25, 0.3) is 0 Å². The summed E-state index contributed by atoms with van der Waals surface area (Å²) >= 11 is 5.95.